The molecular formula is C17H28N4O2. The second-order valence-corrected chi connectivity index (χ2v) is 6.99. The number of urea groups is 1. The summed E-state index contributed by atoms with van der Waals surface area (Å²) < 4.78 is 0. The van der Waals surface area contributed by atoms with Gasteiger partial charge in [-0.1, -0.05) is 6.07 Å². The fourth-order valence-electron chi connectivity index (χ4n) is 2.89. The standard InChI is InChI=1S/C17H28N4O2/c1-17(2,23)13-20(3)16(22)19-14-7-10-21(11-8-14)12-15-6-4-5-9-18-15/h4-6,9,14,23H,7-8,10-13H2,1-3H3,(H,19,22). The van der Waals surface area contributed by atoms with Gasteiger partial charge in [-0.3, -0.25) is 9.88 Å². The summed E-state index contributed by atoms with van der Waals surface area (Å²) in [7, 11) is 1.71. The van der Waals surface area contributed by atoms with E-state index in [0.717, 1.165) is 38.2 Å². The highest BCUT2D eigenvalue weighted by Gasteiger charge is 2.24. The number of nitrogens with one attached hydrogen (secondary N) is 1. The van der Waals surface area contributed by atoms with E-state index in [1.807, 2.05) is 24.4 Å². The van der Waals surface area contributed by atoms with Crippen LogP contribution in [0.3, 0.4) is 0 Å². The third kappa shape index (κ3) is 6.15. The van der Waals surface area contributed by atoms with Gasteiger partial charge in [0.1, 0.15) is 0 Å². The molecule has 0 unspecified atom stereocenters. The normalized spacial score (nSPS) is 17.0. The molecule has 0 bridgehead atoms. The van der Waals surface area contributed by atoms with Crippen LogP contribution < -0.4 is 5.32 Å². The number of hydrogen-bond acceptors (Lipinski definition) is 4. The van der Waals surface area contributed by atoms with Gasteiger partial charge in [0.15, 0.2) is 0 Å². The average Bonchev–Trinajstić information content (AvgIpc) is 2.48. The summed E-state index contributed by atoms with van der Waals surface area (Å²) in [5, 5.41) is 12.8. The fourth-order valence-corrected chi connectivity index (χ4v) is 2.89. The number of rotatable bonds is 5. The molecular weight excluding hydrogens is 292 g/mol. The van der Waals surface area contributed by atoms with Crippen LogP contribution in [0.5, 0.6) is 0 Å². The molecule has 23 heavy (non-hydrogen) atoms. The molecule has 128 valence electrons. The molecule has 0 atom stereocenters. The second kappa shape index (κ2) is 7.75. The highest BCUT2D eigenvalue weighted by atomic mass is 16.3. The van der Waals surface area contributed by atoms with Crippen LogP contribution in [-0.4, -0.2) is 64.2 Å². The SMILES string of the molecule is CN(CC(C)(C)O)C(=O)NC1CCN(Cc2ccccn2)CC1. The summed E-state index contributed by atoms with van der Waals surface area (Å²) in [5.74, 6) is 0. The molecule has 0 saturated carbocycles. The van der Waals surface area contributed by atoms with Crippen molar-refractivity contribution in [2.75, 3.05) is 26.7 Å². The van der Waals surface area contributed by atoms with Crippen LogP contribution in [-0.2, 0) is 6.54 Å². The summed E-state index contributed by atoms with van der Waals surface area (Å²) in [6.07, 6.45) is 3.70. The van der Waals surface area contributed by atoms with Crippen LogP contribution in [0.4, 0.5) is 4.79 Å². The predicted molar refractivity (Wildman–Crippen MR) is 90.0 cm³/mol. The molecule has 2 rings (SSSR count). The lowest BCUT2D eigenvalue weighted by molar-refractivity contribution is 0.0522. The molecule has 2 heterocycles. The minimum Gasteiger partial charge on any atom is -0.389 e. The van der Waals surface area contributed by atoms with Crippen molar-refractivity contribution >= 4 is 6.03 Å². The van der Waals surface area contributed by atoms with Crippen molar-refractivity contribution < 1.29 is 9.90 Å². The number of pyridine rings is 1. The molecule has 1 aliphatic heterocycles. The van der Waals surface area contributed by atoms with Gasteiger partial charge in [-0.05, 0) is 38.8 Å². The summed E-state index contributed by atoms with van der Waals surface area (Å²) in [5.41, 5.74) is 0.206. The van der Waals surface area contributed by atoms with E-state index in [2.05, 4.69) is 15.2 Å². The van der Waals surface area contributed by atoms with Gasteiger partial charge in [-0.15, -0.1) is 0 Å². The molecule has 0 spiro atoms. The van der Waals surface area contributed by atoms with Crippen LogP contribution in [0.1, 0.15) is 32.4 Å². The van der Waals surface area contributed by atoms with Gasteiger partial charge in [0.2, 0.25) is 0 Å². The highest BCUT2D eigenvalue weighted by Crippen LogP contribution is 2.13. The first-order chi connectivity index (χ1) is 10.8. The first kappa shape index (κ1) is 17.7. The summed E-state index contributed by atoms with van der Waals surface area (Å²) >= 11 is 0. The lowest BCUT2D eigenvalue weighted by Gasteiger charge is -2.33. The number of hydrogen-bond donors (Lipinski definition) is 2. The molecule has 1 aromatic rings. The lowest BCUT2D eigenvalue weighted by atomic mass is 10.0. The Hall–Kier alpha value is -1.66. The first-order valence-electron chi connectivity index (χ1n) is 8.20. The van der Waals surface area contributed by atoms with Crippen LogP contribution in [0, 0.1) is 0 Å². The summed E-state index contributed by atoms with van der Waals surface area (Å²) in [4.78, 5) is 20.4. The molecule has 2 amide bonds. The Labute approximate surface area is 138 Å². The topological polar surface area (TPSA) is 68.7 Å². The molecule has 1 aliphatic rings. The van der Waals surface area contributed by atoms with Gasteiger partial charge in [-0.2, -0.15) is 0 Å². The number of piperidine rings is 1. The van der Waals surface area contributed by atoms with E-state index in [0.29, 0.717) is 6.54 Å². The molecule has 0 aromatic carbocycles. The second-order valence-electron chi connectivity index (χ2n) is 6.99. The van der Waals surface area contributed by atoms with Gasteiger partial charge in [-0.25, -0.2) is 4.79 Å². The number of aromatic nitrogens is 1. The molecule has 6 nitrogen and oxygen atoms in total. The molecule has 2 N–H and O–H groups in total. The third-order valence-corrected chi connectivity index (χ3v) is 4.00. The zero-order chi connectivity index (χ0) is 16.9. The zero-order valence-corrected chi connectivity index (χ0v) is 14.3. The Morgan fingerprint density at radius 2 is 2.13 bits per heavy atom. The van der Waals surface area contributed by atoms with E-state index in [4.69, 9.17) is 0 Å². The largest absolute Gasteiger partial charge is 0.389 e. The minimum atomic E-state index is -0.877. The van der Waals surface area contributed by atoms with E-state index in [-0.39, 0.29) is 12.1 Å². The number of amides is 2. The van der Waals surface area contributed by atoms with Crippen molar-refractivity contribution in [2.45, 2.75) is 44.9 Å². The Morgan fingerprint density at radius 3 is 2.70 bits per heavy atom. The third-order valence-electron chi connectivity index (χ3n) is 4.00. The van der Waals surface area contributed by atoms with E-state index in [1.165, 1.54) is 0 Å². The number of likely N-dealkylation sites (tertiary alicyclic amines) is 1. The molecule has 0 aliphatic carbocycles. The van der Waals surface area contributed by atoms with E-state index < -0.39 is 5.60 Å². The molecule has 1 aromatic heterocycles. The smallest absolute Gasteiger partial charge is 0.317 e. The lowest BCUT2D eigenvalue weighted by Crippen LogP contribution is -2.50. The average molecular weight is 320 g/mol. The highest BCUT2D eigenvalue weighted by molar-refractivity contribution is 5.74. The van der Waals surface area contributed by atoms with Crippen molar-refractivity contribution in [3.63, 3.8) is 0 Å². The number of aliphatic hydroxyl groups is 1. The maximum Gasteiger partial charge on any atom is 0.317 e. The molecule has 6 heteroatoms. The molecule has 0 radical (unpaired) electrons. The number of carbonyl (C=O) groups excluding carboxylic acids is 1. The fraction of sp³-hybridized carbons (Fsp3) is 0.647. The molecule has 1 fully saturated rings. The Bertz CT molecular complexity index is 493. The minimum absolute atomic E-state index is 0.115. The van der Waals surface area contributed by atoms with Gasteiger partial charge >= 0.3 is 6.03 Å². The molecule has 1 saturated heterocycles. The van der Waals surface area contributed by atoms with Crippen molar-refractivity contribution in [3.05, 3.63) is 30.1 Å². The zero-order valence-electron chi connectivity index (χ0n) is 14.3. The quantitative estimate of drug-likeness (QED) is 0.862. The van der Waals surface area contributed by atoms with Gasteiger partial charge in [0.05, 0.1) is 17.8 Å². The first-order valence-corrected chi connectivity index (χ1v) is 8.20. The Kier molecular flexibility index (Phi) is 5.96. The van der Waals surface area contributed by atoms with Crippen LogP contribution >= 0.6 is 0 Å². The van der Waals surface area contributed by atoms with Crippen LogP contribution in [0.25, 0.3) is 0 Å². The van der Waals surface area contributed by atoms with Crippen molar-refractivity contribution in [1.29, 1.82) is 0 Å². The van der Waals surface area contributed by atoms with Gasteiger partial charge < -0.3 is 15.3 Å². The monoisotopic (exact) mass is 320 g/mol. The maximum atomic E-state index is 12.1. The summed E-state index contributed by atoms with van der Waals surface area (Å²) in [6, 6.07) is 6.06. The number of carbonyl (C=O) groups is 1. The maximum absolute atomic E-state index is 12.1. The number of likely N-dealkylation sites (N-methyl/N-ethyl adjacent to an activating group) is 1. The van der Waals surface area contributed by atoms with E-state index in [9.17, 15) is 9.90 Å². The summed E-state index contributed by atoms with van der Waals surface area (Å²) in [6.45, 7) is 6.49. The van der Waals surface area contributed by atoms with E-state index >= 15 is 0 Å². The van der Waals surface area contributed by atoms with Crippen molar-refractivity contribution in [3.8, 4) is 0 Å². The predicted octanol–water partition coefficient (Wildman–Crippen LogP) is 1.46. The number of nitrogens with zero attached hydrogens (tertiary/aromatic N) is 3. The van der Waals surface area contributed by atoms with Crippen molar-refractivity contribution in [1.82, 2.24) is 20.1 Å². The van der Waals surface area contributed by atoms with Gasteiger partial charge in [0.25, 0.3) is 0 Å². The van der Waals surface area contributed by atoms with Gasteiger partial charge in [0, 0.05) is 38.9 Å². The Morgan fingerprint density at radius 1 is 1.43 bits per heavy atom. The van der Waals surface area contributed by atoms with Crippen LogP contribution in [0.15, 0.2) is 24.4 Å². The Balaban J connectivity index is 1.73. The van der Waals surface area contributed by atoms with Crippen molar-refractivity contribution in [2.24, 2.45) is 0 Å². The van der Waals surface area contributed by atoms with Crippen LogP contribution in [0.2, 0.25) is 0 Å². The van der Waals surface area contributed by atoms with E-state index in [1.54, 1.807) is 25.8 Å².